The number of methoxy groups -OCH3 is 1. The number of ether oxygens (including phenoxy) is 1. The Labute approximate surface area is 136 Å². The van der Waals surface area contributed by atoms with E-state index in [1.165, 1.54) is 13.3 Å². The van der Waals surface area contributed by atoms with Crippen LogP contribution in [0.1, 0.15) is 26.3 Å². The van der Waals surface area contributed by atoms with Crippen molar-refractivity contribution in [1.29, 1.82) is 0 Å². The van der Waals surface area contributed by atoms with Gasteiger partial charge in [0.05, 0.1) is 18.9 Å². The fourth-order valence-electron chi connectivity index (χ4n) is 1.79. The van der Waals surface area contributed by atoms with Crippen molar-refractivity contribution in [2.45, 2.75) is 0 Å². The van der Waals surface area contributed by atoms with E-state index < -0.39 is 29.1 Å². The van der Waals surface area contributed by atoms with Crippen LogP contribution in [0.5, 0.6) is 17.2 Å². The number of phenols is 3. The number of benzene rings is 2. The summed E-state index contributed by atoms with van der Waals surface area (Å²) in [5.41, 5.74) is 3.13. The molecule has 2 aromatic rings. The van der Waals surface area contributed by atoms with E-state index in [1.54, 1.807) is 24.3 Å². The maximum Gasteiger partial charge on any atom is 0.337 e. The highest BCUT2D eigenvalue weighted by molar-refractivity contribution is 5.96. The molecule has 0 fully saturated rings. The van der Waals surface area contributed by atoms with Gasteiger partial charge in [0.2, 0.25) is 0 Å². The van der Waals surface area contributed by atoms with Crippen molar-refractivity contribution in [3.8, 4) is 17.2 Å². The Morgan fingerprint density at radius 2 is 1.62 bits per heavy atom. The Morgan fingerprint density at radius 1 is 1.04 bits per heavy atom. The highest BCUT2D eigenvalue weighted by atomic mass is 16.5. The van der Waals surface area contributed by atoms with Gasteiger partial charge in [0.1, 0.15) is 0 Å². The molecule has 4 N–H and O–H groups in total. The number of hydrazone groups is 1. The van der Waals surface area contributed by atoms with Crippen molar-refractivity contribution in [2.24, 2.45) is 5.10 Å². The van der Waals surface area contributed by atoms with Gasteiger partial charge in [0, 0.05) is 5.56 Å². The molecule has 0 aromatic heterocycles. The number of amides is 1. The normalized spacial score (nSPS) is 10.5. The second kappa shape index (κ2) is 7.14. The lowest BCUT2D eigenvalue weighted by Gasteiger charge is -2.04. The summed E-state index contributed by atoms with van der Waals surface area (Å²) >= 11 is 0. The smallest absolute Gasteiger partial charge is 0.337 e. The molecule has 0 saturated carbocycles. The molecule has 0 unspecified atom stereocenters. The van der Waals surface area contributed by atoms with Gasteiger partial charge in [-0.25, -0.2) is 10.2 Å². The van der Waals surface area contributed by atoms with Crippen molar-refractivity contribution in [2.75, 3.05) is 7.11 Å². The molecule has 0 radical (unpaired) electrons. The third kappa shape index (κ3) is 3.80. The van der Waals surface area contributed by atoms with E-state index in [1.807, 2.05) is 0 Å². The van der Waals surface area contributed by atoms with Gasteiger partial charge in [-0.3, -0.25) is 4.79 Å². The number of esters is 1. The van der Waals surface area contributed by atoms with Crippen LogP contribution < -0.4 is 5.43 Å². The number of carbonyl (C=O) groups is 2. The molecule has 2 rings (SSSR count). The van der Waals surface area contributed by atoms with Gasteiger partial charge in [0.15, 0.2) is 17.2 Å². The predicted octanol–water partition coefficient (Wildman–Crippen LogP) is 1.35. The topological polar surface area (TPSA) is 128 Å². The Balaban J connectivity index is 2.03. The minimum absolute atomic E-state index is 0.0824. The summed E-state index contributed by atoms with van der Waals surface area (Å²) < 4.78 is 4.58. The van der Waals surface area contributed by atoms with Crippen LogP contribution >= 0.6 is 0 Å². The van der Waals surface area contributed by atoms with Crippen LogP contribution in [0.3, 0.4) is 0 Å². The molecule has 0 saturated heterocycles. The highest BCUT2D eigenvalue weighted by Gasteiger charge is 2.12. The maximum absolute atomic E-state index is 11.8. The monoisotopic (exact) mass is 330 g/mol. The molecular formula is C16H14N2O6. The summed E-state index contributed by atoms with van der Waals surface area (Å²) in [4.78, 5) is 23.1. The van der Waals surface area contributed by atoms with Crippen LogP contribution in [0.4, 0.5) is 0 Å². The third-order valence-electron chi connectivity index (χ3n) is 3.04. The Bertz CT molecular complexity index is 776. The van der Waals surface area contributed by atoms with Crippen LogP contribution in [-0.2, 0) is 4.74 Å². The average Bonchev–Trinajstić information content (AvgIpc) is 2.59. The zero-order chi connectivity index (χ0) is 17.7. The van der Waals surface area contributed by atoms with Crippen molar-refractivity contribution in [1.82, 2.24) is 5.43 Å². The van der Waals surface area contributed by atoms with Gasteiger partial charge in [-0.1, -0.05) is 12.1 Å². The second-order valence-electron chi connectivity index (χ2n) is 4.68. The fourth-order valence-corrected chi connectivity index (χ4v) is 1.79. The first-order valence-corrected chi connectivity index (χ1v) is 6.69. The van der Waals surface area contributed by atoms with Gasteiger partial charge in [0.25, 0.3) is 5.91 Å². The minimum Gasteiger partial charge on any atom is -0.504 e. The van der Waals surface area contributed by atoms with Gasteiger partial charge >= 0.3 is 5.97 Å². The number of hydrogen-bond acceptors (Lipinski definition) is 7. The molecule has 0 spiro atoms. The van der Waals surface area contributed by atoms with E-state index in [0.717, 1.165) is 12.1 Å². The molecule has 124 valence electrons. The Hall–Kier alpha value is -3.55. The summed E-state index contributed by atoms with van der Waals surface area (Å²) in [5.74, 6) is -3.10. The van der Waals surface area contributed by atoms with Gasteiger partial charge in [-0.2, -0.15) is 5.10 Å². The van der Waals surface area contributed by atoms with Crippen molar-refractivity contribution < 1.29 is 29.6 Å². The Kier molecular flexibility index (Phi) is 5.00. The van der Waals surface area contributed by atoms with Crippen molar-refractivity contribution in [3.63, 3.8) is 0 Å². The van der Waals surface area contributed by atoms with E-state index in [0.29, 0.717) is 11.1 Å². The Morgan fingerprint density at radius 3 is 2.17 bits per heavy atom. The molecule has 0 aliphatic carbocycles. The molecule has 0 heterocycles. The van der Waals surface area contributed by atoms with E-state index in [-0.39, 0.29) is 5.56 Å². The first-order chi connectivity index (χ1) is 11.4. The first-order valence-electron chi connectivity index (χ1n) is 6.69. The molecule has 8 nitrogen and oxygen atoms in total. The lowest BCUT2D eigenvalue weighted by molar-refractivity contribution is 0.0600. The van der Waals surface area contributed by atoms with Crippen LogP contribution in [0.2, 0.25) is 0 Å². The zero-order valence-corrected chi connectivity index (χ0v) is 12.6. The largest absolute Gasteiger partial charge is 0.504 e. The summed E-state index contributed by atoms with van der Waals surface area (Å²) in [7, 11) is 1.28. The molecule has 1 amide bonds. The fraction of sp³-hybridized carbons (Fsp3) is 0.0625. The molecule has 0 aliphatic rings. The van der Waals surface area contributed by atoms with Crippen LogP contribution in [0, 0.1) is 0 Å². The summed E-state index contributed by atoms with van der Waals surface area (Å²) in [6.07, 6.45) is 1.35. The second-order valence-corrected chi connectivity index (χ2v) is 4.68. The van der Waals surface area contributed by atoms with Crippen LogP contribution in [0.15, 0.2) is 41.5 Å². The summed E-state index contributed by atoms with van der Waals surface area (Å²) in [6.45, 7) is 0. The SMILES string of the molecule is COC(=O)c1ccc(C=NNC(=O)c2cc(O)c(O)c(O)c2)cc1. The molecule has 8 heteroatoms. The highest BCUT2D eigenvalue weighted by Crippen LogP contribution is 2.35. The van der Waals surface area contributed by atoms with Crippen molar-refractivity contribution >= 4 is 18.1 Å². The van der Waals surface area contributed by atoms with E-state index in [4.69, 9.17) is 0 Å². The molecule has 0 atom stereocenters. The molecular weight excluding hydrogens is 316 g/mol. The number of hydrogen-bond donors (Lipinski definition) is 4. The standard InChI is InChI=1S/C16H14N2O6/c1-24-16(23)10-4-2-9(3-5-10)8-17-18-15(22)11-6-12(19)14(21)13(20)7-11/h2-8,19-21H,1H3,(H,18,22). The number of carbonyl (C=O) groups excluding carboxylic acids is 2. The van der Waals surface area contributed by atoms with Gasteiger partial charge in [-0.05, 0) is 29.8 Å². The summed E-state index contributed by atoms with van der Waals surface area (Å²) in [5, 5.41) is 31.7. The number of nitrogens with one attached hydrogen (secondary N) is 1. The number of rotatable bonds is 4. The zero-order valence-electron chi connectivity index (χ0n) is 12.6. The van der Waals surface area contributed by atoms with Gasteiger partial charge in [-0.15, -0.1) is 0 Å². The molecule has 2 aromatic carbocycles. The summed E-state index contributed by atoms with van der Waals surface area (Å²) in [6, 6.07) is 8.30. The van der Waals surface area contributed by atoms with E-state index in [9.17, 15) is 24.9 Å². The molecule has 24 heavy (non-hydrogen) atoms. The van der Waals surface area contributed by atoms with Crippen LogP contribution in [-0.4, -0.2) is 40.5 Å². The average molecular weight is 330 g/mol. The predicted molar refractivity (Wildman–Crippen MR) is 84.3 cm³/mol. The number of aromatic hydroxyl groups is 3. The van der Waals surface area contributed by atoms with Crippen LogP contribution in [0.25, 0.3) is 0 Å². The van der Waals surface area contributed by atoms with Gasteiger partial charge < -0.3 is 20.1 Å². The van der Waals surface area contributed by atoms with E-state index in [2.05, 4.69) is 15.3 Å². The van der Waals surface area contributed by atoms with E-state index >= 15 is 0 Å². The third-order valence-corrected chi connectivity index (χ3v) is 3.04. The molecule has 0 bridgehead atoms. The number of nitrogens with zero attached hydrogens (tertiary/aromatic N) is 1. The lowest BCUT2D eigenvalue weighted by Crippen LogP contribution is -2.17. The quantitative estimate of drug-likeness (QED) is 0.290. The lowest BCUT2D eigenvalue weighted by atomic mass is 10.1. The first kappa shape index (κ1) is 16.8. The van der Waals surface area contributed by atoms with Crippen molar-refractivity contribution in [3.05, 3.63) is 53.1 Å². The maximum atomic E-state index is 11.8. The molecule has 0 aliphatic heterocycles. The number of phenolic OH excluding ortho intramolecular Hbond substituents is 3. The minimum atomic E-state index is -0.708.